The Kier molecular flexibility index (Phi) is 3.51. The SMILES string of the molecule is COc1ccc(-c2[nH]ncc2-c2nc(-c3ccncc3)no2)cc1. The normalized spacial score (nSPS) is 10.7. The molecule has 3 heterocycles. The average Bonchev–Trinajstić information content (AvgIpc) is 3.32. The molecule has 0 bridgehead atoms. The molecule has 24 heavy (non-hydrogen) atoms. The van der Waals surface area contributed by atoms with Crippen LogP contribution in [0.2, 0.25) is 0 Å². The highest BCUT2D eigenvalue weighted by molar-refractivity contribution is 5.77. The predicted molar refractivity (Wildman–Crippen MR) is 87.1 cm³/mol. The van der Waals surface area contributed by atoms with Gasteiger partial charge in [0.15, 0.2) is 0 Å². The first kappa shape index (κ1) is 14.1. The molecule has 1 N–H and O–H groups in total. The Labute approximate surface area is 137 Å². The smallest absolute Gasteiger partial charge is 0.262 e. The van der Waals surface area contributed by atoms with Crippen molar-refractivity contribution in [3.63, 3.8) is 0 Å². The van der Waals surface area contributed by atoms with Crippen molar-refractivity contribution in [2.45, 2.75) is 0 Å². The van der Waals surface area contributed by atoms with E-state index in [9.17, 15) is 0 Å². The Hall–Kier alpha value is -3.48. The van der Waals surface area contributed by atoms with Crippen LogP contribution in [0, 0.1) is 0 Å². The fourth-order valence-electron chi connectivity index (χ4n) is 2.38. The Morgan fingerprint density at radius 3 is 2.54 bits per heavy atom. The molecule has 7 nitrogen and oxygen atoms in total. The summed E-state index contributed by atoms with van der Waals surface area (Å²) in [6, 6.07) is 11.3. The number of methoxy groups -OCH3 is 1. The van der Waals surface area contributed by atoms with Gasteiger partial charge in [-0.05, 0) is 36.4 Å². The first-order chi connectivity index (χ1) is 11.8. The molecule has 0 spiro atoms. The second-order valence-corrected chi connectivity index (χ2v) is 5.05. The molecule has 0 atom stereocenters. The molecule has 3 aromatic heterocycles. The van der Waals surface area contributed by atoms with Crippen LogP contribution in [0.1, 0.15) is 0 Å². The van der Waals surface area contributed by atoms with Crippen molar-refractivity contribution >= 4 is 0 Å². The monoisotopic (exact) mass is 319 g/mol. The first-order valence-electron chi connectivity index (χ1n) is 7.27. The third kappa shape index (κ3) is 2.52. The van der Waals surface area contributed by atoms with Gasteiger partial charge < -0.3 is 9.26 Å². The van der Waals surface area contributed by atoms with Crippen LogP contribution >= 0.6 is 0 Å². The zero-order chi connectivity index (χ0) is 16.4. The largest absolute Gasteiger partial charge is 0.497 e. The quantitative estimate of drug-likeness (QED) is 0.621. The molecule has 7 heteroatoms. The van der Waals surface area contributed by atoms with Crippen molar-refractivity contribution in [2.24, 2.45) is 0 Å². The zero-order valence-electron chi connectivity index (χ0n) is 12.8. The lowest BCUT2D eigenvalue weighted by atomic mass is 10.1. The minimum absolute atomic E-state index is 0.404. The summed E-state index contributed by atoms with van der Waals surface area (Å²) in [5.74, 6) is 1.70. The molecule has 4 rings (SSSR count). The van der Waals surface area contributed by atoms with Crippen LogP contribution in [-0.2, 0) is 0 Å². The van der Waals surface area contributed by atoms with Gasteiger partial charge in [0.25, 0.3) is 5.89 Å². The lowest BCUT2D eigenvalue weighted by molar-refractivity contribution is 0.415. The van der Waals surface area contributed by atoms with Gasteiger partial charge in [-0.15, -0.1) is 0 Å². The summed E-state index contributed by atoms with van der Waals surface area (Å²) >= 11 is 0. The number of hydrogen-bond donors (Lipinski definition) is 1. The van der Waals surface area contributed by atoms with Gasteiger partial charge in [0.05, 0.1) is 24.6 Å². The van der Waals surface area contributed by atoms with E-state index in [1.54, 1.807) is 25.7 Å². The Bertz CT molecular complexity index is 945. The molecule has 0 radical (unpaired) electrons. The number of benzene rings is 1. The van der Waals surface area contributed by atoms with Gasteiger partial charge in [-0.2, -0.15) is 10.1 Å². The van der Waals surface area contributed by atoms with E-state index in [1.807, 2.05) is 36.4 Å². The van der Waals surface area contributed by atoms with E-state index in [0.29, 0.717) is 11.7 Å². The molecule has 118 valence electrons. The summed E-state index contributed by atoms with van der Waals surface area (Å²) < 4.78 is 10.6. The minimum atomic E-state index is 0.404. The van der Waals surface area contributed by atoms with Gasteiger partial charge in [0.1, 0.15) is 5.75 Å². The van der Waals surface area contributed by atoms with Gasteiger partial charge >= 0.3 is 0 Å². The fraction of sp³-hybridized carbons (Fsp3) is 0.0588. The third-order valence-corrected chi connectivity index (χ3v) is 3.61. The Morgan fingerprint density at radius 2 is 1.79 bits per heavy atom. The van der Waals surface area contributed by atoms with Crippen molar-refractivity contribution in [2.75, 3.05) is 7.11 Å². The molecule has 0 amide bonds. The number of nitrogens with one attached hydrogen (secondary N) is 1. The number of aromatic amines is 1. The summed E-state index contributed by atoms with van der Waals surface area (Å²) in [5.41, 5.74) is 3.34. The van der Waals surface area contributed by atoms with Gasteiger partial charge in [-0.25, -0.2) is 0 Å². The fourth-order valence-corrected chi connectivity index (χ4v) is 2.38. The Balaban J connectivity index is 1.71. The topological polar surface area (TPSA) is 89.7 Å². The number of pyridine rings is 1. The Morgan fingerprint density at radius 1 is 1.00 bits per heavy atom. The molecular weight excluding hydrogens is 306 g/mol. The van der Waals surface area contributed by atoms with E-state index < -0.39 is 0 Å². The number of nitrogens with zero attached hydrogens (tertiary/aromatic N) is 4. The molecule has 0 aliphatic rings. The van der Waals surface area contributed by atoms with E-state index in [1.165, 1.54) is 0 Å². The molecule has 0 saturated carbocycles. The molecular formula is C17H13N5O2. The summed E-state index contributed by atoms with van der Waals surface area (Å²) in [4.78, 5) is 8.44. The third-order valence-electron chi connectivity index (χ3n) is 3.61. The molecule has 0 aliphatic heterocycles. The molecule has 0 saturated heterocycles. The van der Waals surface area contributed by atoms with E-state index in [0.717, 1.165) is 28.1 Å². The highest BCUT2D eigenvalue weighted by Crippen LogP contribution is 2.31. The van der Waals surface area contributed by atoms with Crippen molar-refractivity contribution < 1.29 is 9.26 Å². The second kappa shape index (κ2) is 5.96. The van der Waals surface area contributed by atoms with Crippen LogP contribution in [-0.4, -0.2) is 32.4 Å². The van der Waals surface area contributed by atoms with Crippen LogP contribution in [0.3, 0.4) is 0 Å². The lowest BCUT2D eigenvalue weighted by Crippen LogP contribution is -1.85. The number of ether oxygens (including phenoxy) is 1. The standard InChI is InChI=1S/C17H13N5O2/c1-23-13-4-2-11(3-5-13)15-14(10-19-21-15)17-20-16(22-24-17)12-6-8-18-9-7-12/h2-10H,1H3,(H,19,21). The molecule has 1 aromatic carbocycles. The maximum atomic E-state index is 5.40. The zero-order valence-corrected chi connectivity index (χ0v) is 12.8. The molecule has 0 aliphatic carbocycles. The minimum Gasteiger partial charge on any atom is -0.497 e. The molecule has 4 aromatic rings. The predicted octanol–water partition coefficient (Wildman–Crippen LogP) is 3.20. The van der Waals surface area contributed by atoms with Crippen molar-refractivity contribution in [3.8, 4) is 39.8 Å². The van der Waals surface area contributed by atoms with Crippen LogP contribution in [0.4, 0.5) is 0 Å². The highest BCUT2D eigenvalue weighted by Gasteiger charge is 2.17. The number of aromatic nitrogens is 5. The van der Waals surface area contributed by atoms with Crippen molar-refractivity contribution in [1.82, 2.24) is 25.3 Å². The van der Waals surface area contributed by atoms with Crippen LogP contribution in [0.15, 0.2) is 59.5 Å². The van der Waals surface area contributed by atoms with Gasteiger partial charge in [-0.1, -0.05) is 5.16 Å². The number of rotatable bonds is 4. The molecule has 0 unspecified atom stereocenters. The maximum absolute atomic E-state index is 5.40. The summed E-state index contributed by atoms with van der Waals surface area (Å²) in [6.07, 6.45) is 5.04. The van der Waals surface area contributed by atoms with E-state index in [4.69, 9.17) is 9.26 Å². The summed E-state index contributed by atoms with van der Waals surface area (Å²) in [5, 5.41) is 11.1. The van der Waals surface area contributed by atoms with E-state index >= 15 is 0 Å². The second-order valence-electron chi connectivity index (χ2n) is 5.05. The van der Waals surface area contributed by atoms with E-state index in [-0.39, 0.29) is 0 Å². The van der Waals surface area contributed by atoms with Crippen LogP contribution in [0.5, 0.6) is 5.75 Å². The summed E-state index contributed by atoms with van der Waals surface area (Å²) in [7, 11) is 1.63. The first-order valence-corrected chi connectivity index (χ1v) is 7.27. The van der Waals surface area contributed by atoms with Crippen molar-refractivity contribution in [3.05, 3.63) is 55.0 Å². The summed E-state index contributed by atoms with van der Waals surface area (Å²) in [6.45, 7) is 0. The van der Waals surface area contributed by atoms with Gasteiger partial charge in [0, 0.05) is 23.5 Å². The van der Waals surface area contributed by atoms with Gasteiger partial charge in [0.2, 0.25) is 5.82 Å². The van der Waals surface area contributed by atoms with Crippen LogP contribution < -0.4 is 4.74 Å². The van der Waals surface area contributed by atoms with E-state index in [2.05, 4.69) is 25.3 Å². The van der Waals surface area contributed by atoms with Crippen LogP contribution in [0.25, 0.3) is 34.1 Å². The number of H-pyrrole nitrogens is 1. The number of hydrogen-bond acceptors (Lipinski definition) is 6. The molecule has 0 fully saturated rings. The maximum Gasteiger partial charge on any atom is 0.262 e. The average molecular weight is 319 g/mol. The highest BCUT2D eigenvalue weighted by atomic mass is 16.5. The lowest BCUT2D eigenvalue weighted by Gasteiger charge is -2.02. The van der Waals surface area contributed by atoms with Gasteiger partial charge in [-0.3, -0.25) is 10.1 Å². The van der Waals surface area contributed by atoms with Crippen molar-refractivity contribution in [1.29, 1.82) is 0 Å².